The van der Waals surface area contributed by atoms with E-state index in [9.17, 15) is 0 Å². The Balaban J connectivity index is 1.99. The lowest BCUT2D eigenvalue weighted by atomic mass is 9.87. The largest absolute Gasteiger partial charge is 0.496 e. The summed E-state index contributed by atoms with van der Waals surface area (Å²) in [6, 6.07) is 12.8. The number of allylic oxidation sites excluding steroid dienone is 1. The number of anilines is 1. The standard InChI is InChI=1S/C26H34N2O/c1-9-28-23-15-24(29-8)19(14-22(23)18(2)16-26(28,6)7)17-27-21-12-10-20(11-13-21)25(3,4)5/h10-17H,9H2,1-8H3. The fraction of sp³-hybridized carbons (Fsp3) is 0.423. The van der Waals surface area contributed by atoms with Crippen molar-refractivity contribution in [2.75, 3.05) is 18.6 Å². The highest BCUT2D eigenvalue weighted by Crippen LogP contribution is 2.41. The number of ether oxygens (including phenoxy) is 1. The molecule has 3 rings (SSSR count). The maximum absolute atomic E-state index is 5.72. The van der Waals surface area contributed by atoms with Gasteiger partial charge in [0.25, 0.3) is 0 Å². The predicted molar refractivity (Wildman–Crippen MR) is 126 cm³/mol. The summed E-state index contributed by atoms with van der Waals surface area (Å²) in [5.41, 5.74) is 7.15. The molecule has 1 aliphatic heterocycles. The van der Waals surface area contributed by atoms with Crippen molar-refractivity contribution in [1.29, 1.82) is 0 Å². The van der Waals surface area contributed by atoms with Crippen LogP contribution in [-0.2, 0) is 5.41 Å². The van der Waals surface area contributed by atoms with Crippen LogP contribution in [0.25, 0.3) is 5.57 Å². The number of likely N-dealkylation sites (N-methyl/N-ethyl adjacent to an activating group) is 1. The lowest BCUT2D eigenvalue weighted by Crippen LogP contribution is -2.44. The monoisotopic (exact) mass is 390 g/mol. The molecule has 2 aromatic rings. The molecule has 0 bridgehead atoms. The van der Waals surface area contributed by atoms with Crippen molar-refractivity contribution in [3.63, 3.8) is 0 Å². The van der Waals surface area contributed by atoms with Crippen molar-refractivity contribution in [3.05, 3.63) is 59.2 Å². The molecule has 1 heterocycles. The Hall–Kier alpha value is -2.55. The maximum atomic E-state index is 5.72. The molecular weight excluding hydrogens is 356 g/mol. The SMILES string of the molecule is CCN1c2cc(OC)c(C=Nc3ccc(C(C)(C)C)cc3)cc2C(C)=CC1(C)C. The third-order valence-electron chi connectivity index (χ3n) is 5.73. The second-order valence-corrected chi connectivity index (χ2v) is 9.39. The summed E-state index contributed by atoms with van der Waals surface area (Å²) in [4.78, 5) is 7.13. The van der Waals surface area contributed by atoms with Crippen LogP contribution in [0.5, 0.6) is 5.75 Å². The molecule has 0 N–H and O–H groups in total. The van der Waals surface area contributed by atoms with Crippen molar-refractivity contribution in [2.24, 2.45) is 4.99 Å². The highest BCUT2D eigenvalue weighted by Gasteiger charge is 2.31. The molecule has 0 radical (unpaired) electrons. The summed E-state index contributed by atoms with van der Waals surface area (Å²) in [6.07, 6.45) is 4.26. The van der Waals surface area contributed by atoms with Gasteiger partial charge in [0.2, 0.25) is 0 Å². The van der Waals surface area contributed by atoms with Gasteiger partial charge in [0.1, 0.15) is 5.75 Å². The van der Waals surface area contributed by atoms with Crippen LogP contribution in [0.15, 0.2) is 47.5 Å². The van der Waals surface area contributed by atoms with E-state index in [1.54, 1.807) is 7.11 Å². The van der Waals surface area contributed by atoms with E-state index in [2.05, 4.69) is 95.8 Å². The molecule has 3 nitrogen and oxygen atoms in total. The summed E-state index contributed by atoms with van der Waals surface area (Å²) >= 11 is 0. The third-order valence-corrected chi connectivity index (χ3v) is 5.73. The minimum Gasteiger partial charge on any atom is -0.496 e. The topological polar surface area (TPSA) is 24.8 Å². The summed E-state index contributed by atoms with van der Waals surface area (Å²) < 4.78 is 5.72. The van der Waals surface area contributed by atoms with Gasteiger partial charge in [-0.25, -0.2) is 0 Å². The number of hydrogen-bond donors (Lipinski definition) is 0. The molecule has 2 aromatic carbocycles. The average Bonchev–Trinajstić information content (AvgIpc) is 2.65. The number of rotatable bonds is 4. The number of fused-ring (bicyclic) bond motifs is 1. The average molecular weight is 391 g/mol. The van der Waals surface area contributed by atoms with Crippen LogP contribution in [0.3, 0.4) is 0 Å². The predicted octanol–water partition coefficient (Wildman–Crippen LogP) is 6.77. The molecule has 0 saturated heterocycles. The van der Waals surface area contributed by atoms with Gasteiger partial charge in [-0.1, -0.05) is 39.0 Å². The number of methoxy groups -OCH3 is 1. The minimum absolute atomic E-state index is 0.0126. The van der Waals surface area contributed by atoms with Gasteiger partial charge in [0.15, 0.2) is 0 Å². The smallest absolute Gasteiger partial charge is 0.129 e. The van der Waals surface area contributed by atoms with Crippen molar-refractivity contribution in [1.82, 2.24) is 0 Å². The van der Waals surface area contributed by atoms with E-state index in [1.165, 1.54) is 22.4 Å². The van der Waals surface area contributed by atoms with Crippen LogP contribution >= 0.6 is 0 Å². The normalized spacial score (nSPS) is 16.0. The molecule has 0 unspecified atom stereocenters. The van der Waals surface area contributed by atoms with Crippen LogP contribution in [0, 0.1) is 0 Å². The van der Waals surface area contributed by atoms with Crippen LogP contribution in [0.4, 0.5) is 11.4 Å². The fourth-order valence-electron chi connectivity index (χ4n) is 4.17. The number of hydrogen-bond acceptors (Lipinski definition) is 3. The van der Waals surface area contributed by atoms with Gasteiger partial charge in [-0.05, 0) is 62.4 Å². The molecule has 29 heavy (non-hydrogen) atoms. The molecule has 0 saturated carbocycles. The first-order chi connectivity index (χ1) is 13.6. The summed E-state index contributed by atoms with van der Waals surface area (Å²) in [7, 11) is 1.73. The Morgan fingerprint density at radius 2 is 1.76 bits per heavy atom. The first kappa shape index (κ1) is 21.2. The number of benzene rings is 2. The van der Waals surface area contributed by atoms with E-state index in [1.807, 2.05) is 6.21 Å². The molecule has 3 heteroatoms. The van der Waals surface area contributed by atoms with E-state index in [-0.39, 0.29) is 11.0 Å². The Bertz CT molecular complexity index is 944. The van der Waals surface area contributed by atoms with E-state index < -0.39 is 0 Å². The molecule has 1 aliphatic rings. The van der Waals surface area contributed by atoms with Crippen molar-refractivity contribution in [2.45, 2.75) is 59.4 Å². The van der Waals surface area contributed by atoms with E-state index in [4.69, 9.17) is 9.73 Å². The van der Waals surface area contributed by atoms with Gasteiger partial charge >= 0.3 is 0 Å². The second-order valence-electron chi connectivity index (χ2n) is 9.39. The third kappa shape index (κ3) is 4.24. The zero-order chi connectivity index (χ0) is 21.4. The van der Waals surface area contributed by atoms with Crippen LogP contribution in [-0.4, -0.2) is 25.4 Å². The maximum Gasteiger partial charge on any atom is 0.129 e. The van der Waals surface area contributed by atoms with Crippen LogP contribution in [0.2, 0.25) is 0 Å². The van der Waals surface area contributed by atoms with Gasteiger partial charge in [0, 0.05) is 35.6 Å². The second kappa shape index (κ2) is 7.70. The first-order valence-electron chi connectivity index (χ1n) is 10.4. The number of aliphatic imine (C=N–C) groups is 1. The zero-order valence-corrected chi connectivity index (χ0v) is 19.1. The molecule has 0 spiro atoms. The van der Waals surface area contributed by atoms with E-state index in [0.29, 0.717) is 0 Å². The lowest BCUT2D eigenvalue weighted by Gasteiger charge is -2.43. The van der Waals surface area contributed by atoms with Gasteiger partial charge in [-0.15, -0.1) is 0 Å². The van der Waals surface area contributed by atoms with Crippen molar-refractivity contribution in [3.8, 4) is 5.75 Å². The Kier molecular flexibility index (Phi) is 5.62. The summed E-state index contributed by atoms with van der Waals surface area (Å²) in [6.45, 7) is 16.5. The molecule has 0 aromatic heterocycles. The van der Waals surface area contributed by atoms with Gasteiger partial charge in [-0.2, -0.15) is 0 Å². The van der Waals surface area contributed by atoms with Gasteiger partial charge < -0.3 is 9.64 Å². The summed E-state index contributed by atoms with van der Waals surface area (Å²) in [5, 5.41) is 0. The molecular formula is C26H34N2O. The Morgan fingerprint density at radius 1 is 1.10 bits per heavy atom. The van der Waals surface area contributed by atoms with E-state index in [0.717, 1.165) is 23.5 Å². The zero-order valence-electron chi connectivity index (χ0n) is 19.1. The Labute approximate surface area is 176 Å². The number of nitrogens with zero attached hydrogens (tertiary/aromatic N) is 2. The molecule has 0 aliphatic carbocycles. The minimum atomic E-state index is -0.0126. The van der Waals surface area contributed by atoms with Crippen molar-refractivity contribution >= 4 is 23.2 Å². The fourth-order valence-corrected chi connectivity index (χ4v) is 4.17. The van der Waals surface area contributed by atoms with Crippen LogP contribution in [0.1, 0.15) is 65.2 Å². The molecule has 154 valence electrons. The van der Waals surface area contributed by atoms with Crippen molar-refractivity contribution < 1.29 is 4.74 Å². The highest BCUT2D eigenvalue weighted by molar-refractivity contribution is 5.92. The highest BCUT2D eigenvalue weighted by atomic mass is 16.5. The van der Waals surface area contributed by atoms with Gasteiger partial charge in [0.05, 0.1) is 18.3 Å². The molecule has 0 fully saturated rings. The van der Waals surface area contributed by atoms with Crippen LogP contribution < -0.4 is 9.64 Å². The molecule has 0 amide bonds. The van der Waals surface area contributed by atoms with Gasteiger partial charge in [-0.3, -0.25) is 4.99 Å². The Morgan fingerprint density at radius 3 is 2.31 bits per heavy atom. The lowest BCUT2D eigenvalue weighted by molar-refractivity contribution is 0.413. The first-order valence-corrected chi connectivity index (χ1v) is 10.4. The molecule has 0 atom stereocenters. The van der Waals surface area contributed by atoms with E-state index >= 15 is 0 Å². The summed E-state index contributed by atoms with van der Waals surface area (Å²) in [5.74, 6) is 0.850. The quantitative estimate of drug-likeness (QED) is 0.538.